The molecule has 0 bridgehead atoms. The van der Waals surface area contributed by atoms with Crippen LogP contribution in [0, 0.1) is 0 Å². The van der Waals surface area contributed by atoms with Crippen molar-refractivity contribution in [3.63, 3.8) is 0 Å². The van der Waals surface area contributed by atoms with Gasteiger partial charge in [-0.3, -0.25) is 4.79 Å². The lowest BCUT2D eigenvalue weighted by atomic mass is 10.3. The van der Waals surface area contributed by atoms with Crippen molar-refractivity contribution in [1.82, 2.24) is 9.47 Å². The van der Waals surface area contributed by atoms with Gasteiger partial charge in [-0.2, -0.15) is 0 Å². The number of hydrogen-bond donors (Lipinski definition) is 1. The third kappa shape index (κ3) is 2.48. The normalized spacial score (nSPS) is 20.3. The van der Waals surface area contributed by atoms with Crippen molar-refractivity contribution in [3.05, 3.63) is 23.0 Å². The molecule has 94 valence electrons. The minimum atomic E-state index is 0.0264. The molecule has 0 aliphatic carbocycles. The predicted molar refractivity (Wildman–Crippen MR) is 68.3 cm³/mol. The third-order valence-corrected chi connectivity index (χ3v) is 3.31. The SMILES string of the molecule is CC(C)n1cc(Cl)cc1C(=O)N1CCC(N)C1. The number of rotatable bonds is 2. The fraction of sp³-hybridized carbons (Fsp3) is 0.583. The Bertz CT molecular complexity index is 427. The molecule has 0 spiro atoms. The Kier molecular flexibility index (Phi) is 3.45. The number of amides is 1. The summed E-state index contributed by atoms with van der Waals surface area (Å²) in [5.74, 6) is 0.0264. The maximum absolute atomic E-state index is 12.3. The first-order valence-electron chi connectivity index (χ1n) is 5.91. The maximum Gasteiger partial charge on any atom is 0.270 e. The van der Waals surface area contributed by atoms with E-state index in [4.69, 9.17) is 17.3 Å². The van der Waals surface area contributed by atoms with E-state index in [9.17, 15) is 4.79 Å². The molecule has 1 aromatic heterocycles. The molecule has 2 heterocycles. The molecule has 1 unspecified atom stereocenters. The van der Waals surface area contributed by atoms with Gasteiger partial charge >= 0.3 is 0 Å². The zero-order valence-electron chi connectivity index (χ0n) is 10.2. The smallest absolute Gasteiger partial charge is 0.270 e. The number of hydrogen-bond acceptors (Lipinski definition) is 2. The lowest BCUT2D eigenvalue weighted by Crippen LogP contribution is -2.33. The molecule has 1 aliphatic rings. The van der Waals surface area contributed by atoms with Gasteiger partial charge in [-0.25, -0.2) is 0 Å². The summed E-state index contributed by atoms with van der Waals surface area (Å²) in [4.78, 5) is 14.1. The van der Waals surface area contributed by atoms with Gasteiger partial charge in [0.1, 0.15) is 5.69 Å². The van der Waals surface area contributed by atoms with E-state index < -0.39 is 0 Å². The van der Waals surface area contributed by atoms with E-state index in [0.717, 1.165) is 13.0 Å². The first-order chi connectivity index (χ1) is 7.99. The Balaban J connectivity index is 2.24. The van der Waals surface area contributed by atoms with Gasteiger partial charge < -0.3 is 15.2 Å². The zero-order valence-corrected chi connectivity index (χ0v) is 10.9. The van der Waals surface area contributed by atoms with Crippen molar-refractivity contribution in [1.29, 1.82) is 0 Å². The number of likely N-dealkylation sites (tertiary alicyclic amines) is 1. The lowest BCUT2D eigenvalue weighted by Gasteiger charge is -2.18. The molecule has 1 fully saturated rings. The molecule has 17 heavy (non-hydrogen) atoms. The summed E-state index contributed by atoms with van der Waals surface area (Å²) in [7, 11) is 0. The lowest BCUT2D eigenvalue weighted by molar-refractivity contribution is 0.0778. The van der Waals surface area contributed by atoms with Crippen LogP contribution >= 0.6 is 11.6 Å². The van der Waals surface area contributed by atoms with Gasteiger partial charge in [-0.1, -0.05) is 11.6 Å². The van der Waals surface area contributed by atoms with Crippen molar-refractivity contribution in [2.75, 3.05) is 13.1 Å². The standard InChI is InChI=1S/C12H18ClN3O/c1-8(2)16-6-9(13)5-11(16)12(17)15-4-3-10(14)7-15/h5-6,8,10H,3-4,7,14H2,1-2H3. The summed E-state index contributed by atoms with van der Waals surface area (Å²) in [5, 5.41) is 0.602. The number of carbonyl (C=O) groups is 1. The first-order valence-corrected chi connectivity index (χ1v) is 6.29. The summed E-state index contributed by atoms with van der Waals surface area (Å²) in [6, 6.07) is 2.06. The second-order valence-corrected chi connectivity index (χ2v) is 5.28. The van der Waals surface area contributed by atoms with Gasteiger partial charge in [0.15, 0.2) is 0 Å². The molecule has 1 aliphatic heterocycles. The highest BCUT2D eigenvalue weighted by Gasteiger charge is 2.27. The third-order valence-electron chi connectivity index (χ3n) is 3.10. The topological polar surface area (TPSA) is 51.3 Å². The van der Waals surface area contributed by atoms with Crippen LogP contribution in [-0.2, 0) is 0 Å². The minimum Gasteiger partial charge on any atom is -0.339 e. The molecular weight excluding hydrogens is 238 g/mol. The number of aromatic nitrogens is 1. The van der Waals surface area contributed by atoms with E-state index >= 15 is 0 Å². The zero-order chi connectivity index (χ0) is 12.6. The highest BCUT2D eigenvalue weighted by atomic mass is 35.5. The van der Waals surface area contributed by atoms with Crippen molar-refractivity contribution >= 4 is 17.5 Å². The highest BCUT2D eigenvalue weighted by molar-refractivity contribution is 6.31. The fourth-order valence-corrected chi connectivity index (χ4v) is 2.39. The Hall–Kier alpha value is -1.00. The molecule has 4 nitrogen and oxygen atoms in total. The molecule has 2 N–H and O–H groups in total. The monoisotopic (exact) mass is 255 g/mol. The molecule has 1 aromatic rings. The predicted octanol–water partition coefficient (Wildman–Crippen LogP) is 1.90. The van der Waals surface area contributed by atoms with Crippen LogP contribution in [0.2, 0.25) is 5.02 Å². The average molecular weight is 256 g/mol. The number of nitrogens with two attached hydrogens (primary N) is 1. The molecule has 1 atom stereocenters. The average Bonchev–Trinajstić information content (AvgIpc) is 2.83. The van der Waals surface area contributed by atoms with Crippen molar-refractivity contribution in [2.24, 2.45) is 5.73 Å². The van der Waals surface area contributed by atoms with Crippen LogP contribution in [0.5, 0.6) is 0 Å². The molecular formula is C12H18ClN3O. The fourth-order valence-electron chi connectivity index (χ4n) is 2.18. The van der Waals surface area contributed by atoms with E-state index in [1.807, 2.05) is 18.4 Å². The molecule has 1 amide bonds. The molecule has 1 saturated heterocycles. The van der Waals surface area contributed by atoms with Gasteiger partial charge in [0.05, 0.1) is 5.02 Å². The molecule has 0 aromatic carbocycles. The summed E-state index contributed by atoms with van der Waals surface area (Å²) in [6.45, 7) is 5.44. The van der Waals surface area contributed by atoms with E-state index in [1.165, 1.54) is 0 Å². The Labute approximate surface area is 106 Å². The van der Waals surface area contributed by atoms with Crippen LogP contribution in [0.4, 0.5) is 0 Å². The van der Waals surface area contributed by atoms with Crippen molar-refractivity contribution in [3.8, 4) is 0 Å². The van der Waals surface area contributed by atoms with Gasteiger partial charge in [0.2, 0.25) is 0 Å². The van der Waals surface area contributed by atoms with E-state index in [1.54, 1.807) is 17.2 Å². The molecule has 2 rings (SSSR count). The quantitative estimate of drug-likeness (QED) is 0.878. The summed E-state index contributed by atoms with van der Waals surface area (Å²) in [6.07, 6.45) is 2.68. The van der Waals surface area contributed by atoms with Crippen LogP contribution in [0.25, 0.3) is 0 Å². The molecule has 5 heteroatoms. The molecule has 0 saturated carbocycles. The minimum absolute atomic E-state index is 0.0264. The number of nitrogens with zero attached hydrogens (tertiary/aromatic N) is 2. The maximum atomic E-state index is 12.3. The number of halogens is 1. The van der Waals surface area contributed by atoms with Crippen LogP contribution in [0.1, 0.15) is 36.8 Å². The summed E-state index contributed by atoms with van der Waals surface area (Å²) >= 11 is 5.97. The second kappa shape index (κ2) is 4.70. The van der Waals surface area contributed by atoms with E-state index in [2.05, 4.69) is 0 Å². The Morgan fingerprint density at radius 3 is 2.82 bits per heavy atom. The van der Waals surface area contributed by atoms with Crippen LogP contribution < -0.4 is 5.73 Å². The van der Waals surface area contributed by atoms with E-state index in [0.29, 0.717) is 17.3 Å². The Morgan fingerprint density at radius 2 is 2.29 bits per heavy atom. The summed E-state index contributed by atoms with van der Waals surface area (Å²) in [5.41, 5.74) is 6.47. The molecule has 0 radical (unpaired) electrons. The van der Waals surface area contributed by atoms with Crippen molar-refractivity contribution in [2.45, 2.75) is 32.4 Å². The van der Waals surface area contributed by atoms with Gasteiger partial charge in [-0.15, -0.1) is 0 Å². The van der Waals surface area contributed by atoms with Gasteiger partial charge in [0, 0.05) is 31.4 Å². The highest BCUT2D eigenvalue weighted by Crippen LogP contribution is 2.21. The van der Waals surface area contributed by atoms with Crippen LogP contribution in [-0.4, -0.2) is 34.5 Å². The summed E-state index contributed by atoms with van der Waals surface area (Å²) < 4.78 is 1.91. The van der Waals surface area contributed by atoms with Crippen LogP contribution in [0.15, 0.2) is 12.3 Å². The van der Waals surface area contributed by atoms with Crippen molar-refractivity contribution < 1.29 is 4.79 Å². The first kappa shape index (κ1) is 12.5. The number of carbonyl (C=O) groups excluding carboxylic acids is 1. The second-order valence-electron chi connectivity index (χ2n) is 4.84. The van der Waals surface area contributed by atoms with E-state index in [-0.39, 0.29) is 18.0 Å². The van der Waals surface area contributed by atoms with Gasteiger partial charge in [0.25, 0.3) is 5.91 Å². The van der Waals surface area contributed by atoms with Crippen LogP contribution in [0.3, 0.4) is 0 Å². The van der Waals surface area contributed by atoms with Gasteiger partial charge in [-0.05, 0) is 26.3 Å². The largest absolute Gasteiger partial charge is 0.339 e. The Morgan fingerprint density at radius 1 is 1.59 bits per heavy atom.